The summed E-state index contributed by atoms with van der Waals surface area (Å²) in [5, 5.41) is 23.7. The van der Waals surface area contributed by atoms with E-state index in [1.807, 2.05) is 25.1 Å². The minimum Gasteiger partial charge on any atom is -0.507 e. The van der Waals surface area contributed by atoms with Crippen molar-refractivity contribution < 1.29 is 24.5 Å². The number of ketones is 1. The van der Waals surface area contributed by atoms with Gasteiger partial charge in [-0.3, -0.25) is 10.1 Å². The second-order valence-electron chi connectivity index (χ2n) is 7.29. The third kappa shape index (κ3) is 4.78. The predicted octanol–water partition coefficient (Wildman–Crippen LogP) is 5.06. The molecular weight excluding hydrogens is 382 g/mol. The van der Waals surface area contributed by atoms with Crippen LogP contribution in [0.3, 0.4) is 0 Å². The van der Waals surface area contributed by atoms with Gasteiger partial charge in [0.05, 0.1) is 0 Å². The second-order valence-corrected chi connectivity index (χ2v) is 7.29. The van der Waals surface area contributed by atoms with Crippen LogP contribution in [0.15, 0.2) is 60.7 Å². The van der Waals surface area contributed by atoms with Crippen LogP contribution in [0.25, 0.3) is 10.8 Å². The number of phenolic OH excluding ortho intramolecular Hbond substituents is 1. The fraction of sp³-hybridized carbons (Fsp3) is 0.250. The van der Waals surface area contributed by atoms with Crippen LogP contribution in [-0.2, 0) is 4.74 Å². The Morgan fingerprint density at radius 2 is 1.67 bits per heavy atom. The molecule has 0 aliphatic carbocycles. The molecule has 156 valence electrons. The summed E-state index contributed by atoms with van der Waals surface area (Å²) in [6, 6.07) is 17.2. The number of carbonyl (C=O) groups excluding carboxylic acids is 2. The molecular formula is C24H25NO5. The molecule has 0 saturated heterocycles. The van der Waals surface area contributed by atoms with Gasteiger partial charge in [0.15, 0.2) is 5.78 Å². The summed E-state index contributed by atoms with van der Waals surface area (Å²) in [7, 11) is 0. The number of phenols is 1. The predicted molar refractivity (Wildman–Crippen MR) is 116 cm³/mol. The molecule has 0 saturated carbocycles. The molecule has 0 aliphatic rings. The number of benzene rings is 3. The molecule has 3 aromatic carbocycles. The molecule has 0 fully saturated rings. The highest BCUT2D eigenvalue weighted by Crippen LogP contribution is 2.36. The van der Waals surface area contributed by atoms with Gasteiger partial charge in [-0.2, -0.15) is 0 Å². The smallest absolute Gasteiger partial charge is 0.412 e. The molecule has 3 rings (SSSR count). The summed E-state index contributed by atoms with van der Waals surface area (Å²) >= 11 is 0. The van der Waals surface area contributed by atoms with Crippen molar-refractivity contribution in [3.05, 3.63) is 71.8 Å². The molecule has 0 unspecified atom stereocenters. The number of aromatic hydroxyl groups is 1. The van der Waals surface area contributed by atoms with Gasteiger partial charge in [-0.15, -0.1) is 0 Å². The number of ether oxygens (including phenoxy) is 1. The lowest BCUT2D eigenvalue weighted by Crippen LogP contribution is -2.22. The Balaban J connectivity index is 1.87. The first-order chi connectivity index (χ1) is 14.4. The van der Waals surface area contributed by atoms with Crippen LogP contribution in [0.1, 0.15) is 42.3 Å². The van der Waals surface area contributed by atoms with Gasteiger partial charge in [0, 0.05) is 28.8 Å². The topological polar surface area (TPSA) is 95.9 Å². The Morgan fingerprint density at radius 3 is 2.30 bits per heavy atom. The van der Waals surface area contributed by atoms with E-state index in [1.165, 1.54) is 6.92 Å². The van der Waals surface area contributed by atoms with E-state index in [0.717, 1.165) is 10.9 Å². The third-order valence-corrected chi connectivity index (χ3v) is 5.11. The fourth-order valence-electron chi connectivity index (χ4n) is 3.45. The van der Waals surface area contributed by atoms with E-state index >= 15 is 0 Å². The molecule has 0 heterocycles. The maximum absolute atomic E-state index is 12.6. The van der Waals surface area contributed by atoms with Crippen molar-refractivity contribution in [2.75, 3.05) is 11.9 Å². The maximum atomic E-state index is 12.6. The van der Waals surface area contributed by atoms with E-state index in [2.05, 4.69) is 5.32 Å². The van der Waals surface area contributed by atoms with Crippen molar-refractivity contribution in [2.45, 2.75) is 26.4 Å². The molecule has 3 N–H and O–H groups in total. The van der Waals surface area contributed by atoms with Gasteiger partial charge >= 0.3 is 6.09 Å². The zero-order valence-corrected chi connectivity index (χ0v) is 17.0. The van der Waals surface area contributed by atoms with Crippen molar-refractivity contribution in [1.29, 1.82) is 0 Å². The summed E-state index contributed by atoms with van der Waals surface area (Å²) in [5.41, 5.74) is 1.82. The van der Waals surface area contributed by atoms with Crippen LogP contribution in [0.4, 0.5) is 10.5 Å². The van der Waals surface area contributed by atoms with Gasteiger partial charge in [-0.05, 0) is 55.0 Å². The SMILES string of the molecule is CC(=O)c1ccc(NC(=O)O[C@@H](c2ccc(O)c3ccccc23)[C@@H](C)CCO)cc1. The van der Waals surface area contributed by atoms with Crippen LogP contribution < -0.4 is 5.32 Å². The molecule has 2 atom stereocenters. The Hall–Kier alpha value is -3.38. The van der Waals surface area contributed by atoms with Crippen molar-refractivity contribution in [3.63, 3.8) is 0 Å². The Labute approximate surface area is 175 Å². The highest BCUT2D eigenvalue weighted by molar-refractivity contribution is 5.95. The minimum atomic E-state index is -0.641. The Morgan fingerprint density at radius 1 is 1.00 bits per heavy atom. The van der Waals surface area contributed by atoms with Gasteiger partial charge in [-0.1, -0.05) is 37.3 Å². The summed E-state index contributed by atoms with van der Waals surface area (Å²) in [5.74, 6) is -0.0621. The quantitative estimate of drug-likeness (QED) is 0.476. The first kappa shape index (κ1) is 21.3. The Bertz CT molecular complexity index is 1050. The normalized spacial score (nSPS) is 12.9. The highest BCUT2D eigenvalue weighted by atomic mass is 16.6. The van der Waals surface area contributed by atoms with E-state index in [-0.39, 0.29) is 24.1 Å². The van der Waals surface area contributed by atoms with Gasteiger partial charge in [0.2, 0.25) is 0 Å². The number of carbonyl (C=O) groups is 2. The van der Waals surface area contributed by atoms with Crippen LogP contribution in [-0.4, -0.2) is 28.7 Å². The average molecular weight is 407 g/mol. The molecule has 3 aromatic rings. The molecule has 6 nitrogen and oxygen atoms in total. The largest absolute Gasteiger partial charge is 0.507 e. The monoisotopic (exact) mass is 407 g/mol. The van der Waals surface area contributed by atoms with E-state index in [0.29, 0.717) is 23.1 Å². The lowest BCUT2D eigenvalue weighted by Gasteiger charge is -2.25. The molecule has 30 heavy (non-hydrogen) atoms. The van der Waals surface area contributed by atoms with Gasteiger partial charge in [-0.25, -0.2) is 4.79 Å². The number of anilines is 1. The fourth-order valence-corrected chi connectivity index (χ4v) is 3.45. The number of Topliss-reactive ketones (excluding diaryl/α,β-unsaturated/α-hetero) is 1. The van der Waals surface area contributed by atoms with Gasteiger partial charge in [0.25, 0.3) is 0 Å². The van der Waals surface area contributed by atoms with E-state index in [4.69, 9.17) is 4.74 Å². The zero-order chi connectivity index (χ0) is 21.7. The lowest BCUT2D eigenvalue weighted by atomic mass is 9.91. The number of aliphatic hydroxyl groups excluding tert-OH is 1. The molecule has 0 aromatic heterocycles. The standard InChI is InChI=1S/C24H25NO5/c1-15(13-14-26)23(21-11-12-22(28)20-6-4-3-5-19(20)21)30-24(29)25-18-9-7-17(8-10-18)16(2)27/h3-12,15,23,26,28H,13-14H2,1-2H3,(H,25,29)/t15-,23+/m0/s1. The number of hydrogen-bond donors (Lipinski definition) is 3. The third-order valence-electron chi connectivity index (χ3n) is 5.11. The molecule has 0 radical (unpaired) electrons. The molecule has 0 bridgehead atoms. The van der Waals surface area contributed by atoms with E-state index < -0.39 is 12.2 Å². The molecule has 1 amide bonds. The van der Waals surface area contributed by atoms with E-state index in [9.17, 15) is 19.8 Å². The second kappa shape index (κ2) is 9.41. The summed E-state index contributed by atoms with van der Waals surface area (Å²) in [6.07, 6.45) is -0.822. The van der Waals surface area contributed by atoms with Crippen molar-refractivity contribution >= 4 is 28.3 Å². The van der Waals surface area contributed by atoms with Crippen LogP contribution in [0, 0.1) is 5.92 Å². The van der Waals surface area contributed by atoms with E-state index in [1.54, 1.807) is 42.5 Å². The number of rotatable bonds is 7. The number of amides is 1. The number of nitrogens with one attached hydrogen (secondary N) is 1. The summed E-state index contributed by atoms with van der Waals surface area (Å²) < 4.78 is 5.77. The van der Waals surface area contributed by atoms with Crippen LogP contribution >= 0.6 is 0 Å². The molecule has 6 heteroatoms. The van der Waals surface area contributed by atoms with Crippen LogP contribution in [0.2, 0.25) is 0 Å². The molecule has 0 spiro atoms. The van der Waals surface area contributed by atoms with Gasteiger partial charge < -0.3 is 14.9 Å². The van der Waals surface area contributed by atoms with Crippen molar-refractivity contribution in [3.8, 4) is 5.75 Å². The average Bonchev–Trinajstić information content (AvgIpc) is 2.73. The number of hydrogen-bond acceptors (Lipinski definition) is 5. The van der Waals surface area contributed by atoms with Crippen molar-refractivity contribution in [2.24, 2.45) is 5.92 Å². The summed E-state index contributed by atoms with van der Waals surface area (Å²) in [6.45, 7) is 3.34. The van der Waals surface area contributed by atoms with Crippen molar-refractivity contribution in [1.82, 2.24) is 0 Å². The first-order valence-electron chi connectivity index (χ1n) is 9.80. The highest BCUT2D eigenvalue weighted by Gasteiger charge is 2.26. The van der Waals surface area contributed by atoms with Crippen LogP contribution in [0.5, 0.6) is 5.75 Å². The number of aliphatic hydroxyl groups is 1. The maximum Gasteiger partial charge on any atom is 0.412 e. The minimum absolute atomic E-state index is 0.0365. The first-order valence-corrected chi connectivity index (χ1v) is 9.80. The summed E-state index contributed by atoms with van der Waals surface area (Å²) in [4.78, 5) is 24.0. The number of fused-ring (bicyclic) bond motifs is 1. The zero-order valence-electron chi connectivity index (χ0n) is 17.0. The lowest BCUT2D eigenvalue weighted by molar-refractivity contribution is 0.0676. The molecule has 0 aliphatic heterocycles. The Kier molecular flexibility index (Phi) is 6.69. The van der Waals surface area contributed by atoms with Gasteiger partial charge in [0.1, 0.15) is 11.9 Å².